The minimum absolute atomic E-state index is 0.319. The van der Waals surface area contributed by atoms with Gasteiger partial charge in [-0.15, -0.1) is 11.3 Å². The van der Waals surface area contributed by atoms with Crippen LogP contribution in [-0.2, 0) is 4.79 Å². The quantitative estimate of drug-likeness (QED) is 0.681. The molecule has 2 atom stereocenters. The lowest BCUT2D eigenvalue weighted by Crippen LogP contribution is -2.33. The number of fused-ring (bicyclic) bond motifs is 1. The number of amides is 1. The predicted molar refractivity (Wildman–Crippen MR) is 95.1 cm³/mol. The highest BCUT2D eigenvalue weighted by Gasteiger charge is 2.28. The molecule has 0 saturated heterocycles. The molecule has 3 rings (SSSR count). The average Bonchev–Trinajstić information content (AvgIpc) is 3.00. The minimum atomic E-state index is -1.59. The van der Waals surface area contributed by atoms with E-state index in [9.17, 15) is 15.0 Å². The number of rotatable bonds is 4. The van der Waals surface area contributed by atoms with Crippen molar-refractivity contribution in [3.8, 4) is 0 Å². The fourth-order valence-electron chi connectivity index (χ4n) is 2.46. The number of para-hydroxylation sites is 1. The van der Waals surface area contributed by atoms with Gasteiger partial charge in [0, 0.05) is 5.69 Å². The zero-order valence-corrected chi connectivity index (χ0v) is 14.2. The molecule has 0 bridgehead atoms. The van der Waals surface area contributed by atoms with Crippen molar-refractivity contribution >= 4 is 33.1 Å². The molecule has 2 unspecified atom stereocenters. The summed E-state index contributed by atoms with van der Waals surface area (Å²) in [5, 5.41) is 23.4. The molecule has 0 aliphatic carbocycles. The van der Waals surface area contributed by atoms with Crippen LogP contribution >= 0.6 is 11.3 Å². The van der Waals surface area contributed by atoms with Crippen LogP contribution in [0.5, 0.6) is 0 Å². The van der Waals surface area contributed by atoms with Crippen LogP contribution in [0.15, 0.2) is 42.5 Å². The lowest BCUT2D eigenvalue weighted by atomic mass is 10.1. The number of carbonyl (C=O) groups is 1. The lowest BCUT2D eigenvalue weighted by molar-refractivity contribution is -0.129. The SMILES string of the molecule is Cc1ccc(NC(=O)C(O)C(O)c2nc3ccccc3s2)c(C)c1. The Bertz CT molecular complexity index is 858. The third-order valence-corrected chi connectivity index (χ3v) is 4.88. The monoisotopic (exact) mass is 342 g/mol. The first-order valence-corrected chi connectivity index (χ1v) is 8.37. The molecule has 1 heterocycles. The summed E-state index contributed by atoms with van der Waals surface area (Å²) in [5.41, 5.74) is 3.32. The Hall–Kier alpha value is -2.28. The van der Waals surface area contributed by atoms with Crippen molar-refractivity contribution < 1.29 is 15.0 Å². The standard InChI is InChI=1S/C18H18N2O3S/c1-10-7-8-12(11(2)9-10)19-17(23)15(21)16(22)18-20-13-5-3-4-6-14(13)24-18/h3-9,15-16,21-22H,1-2H3,(H,19,23). The van der Waals surface area contributed by atoms with Crippen LogP contribution in [0.3, 0.4) is 0 Å². The van der Waals surface area contributed by atoms with Gasteiger partial charge in [0.2, 0.25) is 0 Å². The van der Waals surface area contributed by atoms with Gasteiger partial charge in [-0.25, -0.2) is 4.98 Å². The summed E-state index contributed by atoms with van der Waals surface area (Å²) in [6.45, 7) is 3.84. The molecule has 0 aliphatic heterocycles. The van der Waals surface area contributed by atoms with Crippen LogP contribution in [0.1, 0.15) is 22.2 Å². The summed E-state index contributed by atoms with van der Waals surface area (Å²) >= 11 is 1.26. The smallest absolute Gasteiger partial charge is 0.256 e. The van der Waals surface area contributed by atoms with Crippen LogP contribution in [0.2, 0.25) is 0 Å². The van der Waals surface area contributed by atoms with Gasteiger partial charge in [0.25, 0.3) is 5.91 Å². The van der Waals surface area contributed by atoms with Crippen LogP contribution in [0, 0.1) is 13.8 Å². The van der Waals surface area contributed by atoms with Gasteiger partial charge in [-0.3, -0.25) is 4.79 Å². The molecule has 0 spiro atoms. The molecule has 1 aromatic heterocycles. The van der Waals surface area contributed by atoms with Crippen molar-refractivity contribution in [2.45, 2.75) is 26.1 Å². The minimum Gasteiger partial charge on any atom is -0.383 e. The van der Waals surface area contributed by atoms with Crippen molar-refractivity contribution in [3.63, 3.8) is 0 Å². The second-order valence-corrected chi connectivity index (χ2v) is 6.78. The van der Waals surface area contributed by atoms with Gasteiger partial charge in [-0.1, -0.05) is 29.8 Å². The van der Waals surface area contributed by atoms with E-state index in [1.807, 2.05) is 50.2 Å². The van der Waals surface area contributed by atoms with Crippen LogP contribution in [0.25, 0.3) is 10.2 Å². The van der Waals surface area contributed by atoms with Gasteiger partial charge in [0.1, 0.15) is 11.1 Å². The number of aliphatic hydroxyl groups excluding tert-OH is 2. The highest BCUT2D eigenvalue weighted by Crippen LogP contribution is 2.28. The fraction of sp³-hybridized carbons (Fsp3) is 0.222. The van der Waals surface area contributed by atoms with Crippen molar-refractivity contribution in [1.29, 1.82) is 0 Å². The lowest BCUT2D eigenvalue weighted by Gasteiger charge is -2.16. The van der Waals surface area contributed by atoms with Crippen molar-refractivity contribution in [3.05, 3.63) is 58.6 Å². The van der Waals surface area contributed by atoms with E-state index in [1.165, 1.54) is 11.3 Å². The first-order valence-electron chi connectivity index (χ1n) is 7.55. The summed E-state index contributed by atoms with van der Waals surface area (Å²) in [5.74, 6) is -0.659. The van der Waals surface area contributed by atoms with E-state index < -0.39 is 18.1 Å². The van der Waals surface area contributed by atoms with Gasteiger partial charge in [-0.05, 0) is 37.6 Å². The number of nitrogens with one attached hydrogen (secondary N) is 1. The molecule has 0 aliphatic rings. The Labute approximate surface area is 143 Å². The summed E-state index contributed by atoms with van der Waals surface area (Å²) in [6.07, 6.45) is -2.96. The molecule has 0 radical (unpaired) electrons. The first kappa shape index (κ1) is 16.6. The second-order valence-electron chi connectivity index (χ2n) is 5.72. The molecule has 24 heavy (non-hydrogen) atoms. The van der Waals surface area contributed by atoms with Gasteiger partial charge < -0.3 is 15.5 Å². The van der Waals surface area contributed by atoms with E-state index in [0.29, 0.717) is 10.7 Å². The Morgan fingerprint density at radius 3 is 2.62 bits per heavy atom. The van der Waals surface area contributed by atoms with Crippen molar-refractivity contribution in [2.75, 3.05) is 5.32 Å². The van der Waals surface area contributed by atoms with Crippen LogP contribution in [0.4, 0.5) is 5.69 Å². The van der Waals surface area contributed by atoms with Crippen LogP contribution in [-0.4, -0.2) is 27.2 Å². The van der Waals surface area contributed by atoms with Gasteiger partial charge >= 0.3 is 0 Å². The van der Waals surface area contributed by atoms with Crippen molar-refractivity contribution in [2.24, 2.45) is 0 Å². The molecule has 2 aromatic carbocycles. The van der Waals surface area contributed by atoms with Gasteiger partial charge in [-0.2, -0.15) is 0 Å². The second kappa shape index (κ2) is 6.68. The zero-order chi connectivity index (χ0) is 17.3. The third kappa shape index (κ3) is 3.31. The maximum atomic E-state index is 12.2. The van der Waals surface area contributed by atoms with E-state index in [1.54, 1.807) is 6.07 Å². The number of aryl methyl sites for hydroxylation is 2. The largest absolute Gasteiger partial charge is 0.383 e. The first-order chi connectivity index (χ1) is 11.5. The average molecular weight is 342 g/mol. The Morgan fingerprint density at radius 1 is 1.17 bits per heavy atom. The Balaban J connectivity index is 1.76. The molecular weight excluding hydrogens is 324 g/mol. The summed E-state index contributed by atoms with van der Waals surface area (Å²) in [6, 6.07) is 13.0. The number of aromatic nitrogens is 1. The molecule has 1 amide bonds. The van der Waals surface area contributed by atoms with Gasteiger partial charge in [0.15, 0.2) is 6.10 Å². The van der Waals surface area contributed by atoms with E-state index in [-0.39, 0.29) is 0 Å². The van der Waals surface area contributed by atoms with Crippen molar-refractivity contribution in [1.82, 2.24) is 4.98 Å². The van der Waals surface area contributed by atoms with Gasteiger partial charge in [0.05, 0.1) is 10.2 Å². The number of anilines is 1. The number of hydrogen-bond donors (Lipinski definition) is 3. The van der Waals surface area contributed by atoms with E-state index in [2.05, 4.69) is 10.3 Å². The number of benzene rings is 2. The predicted octanol–water partition coefficient (Wildman–Crippen LogP) is 2.95. The highest BCUT2D eigenvalue weighted by atomic mass is 32.1. The zero-order valence-electron chi connectivity index (χ0n) is 13.4. The molecule has 3 aromatic rings. The van der Waals surface area contributed by atoms with Crippen LogP contribution < -0.4 is 5.32 Å². The molecule has 6 heteroatoms. The molecule has 0 saturated carbocycles. The number of hydrogen-bond acceptors (Lipinski definition) is 5. The molecule has 3 N–H and O–H groups in total. The Morgan fingerprint density at radius 2 is 1.92 bits per heavy atom. The third-order valence-electron chi connectivity index (χ3n) is 3.77. The number of thiazole rings is 1. The number of carbonyl (C=O) groups excluding carboxylic acids is 1. The molecule has 5 nitrogen and oxygen atoms in total. The summed E-state index contributed by atoms with van der Waals surface area (Å²) < 4.78 is 0.897. The molecule has 0 fully saturated rings. The normalized spacial score (nSPS) is 13.7. The van der Waals surface area contributed by atoms with E-state index in [4.69, 9.17) is 0 Å². The maximum Gasteiger partial charge on any atom is 0.256 e. The number of nitrogens with zero attached hydrogens (tertiary/aromatic N) is 1. The Kier molecular flexibility index (Phi) is 4.62. The summed E-state index contributed by atoms with van der Waals surface area (Å²) in [4.78, 5) is 16.5. The topological polar surface area (TPSA) is 82.5 Å². The fourth-order valence-corrected chi connectivity index (χ4v) is 3.44. The molecule has 124 valence electrons. The van der Waals surface area contributed by atoms with E-state index in [0.717, 1.165) is 21.3 Å². The molecular formula is C18H18N2O3S. The number of aliphatic hydroxyl groups is 2. The van der Waals surface area contributed by atoms with E-state index >= 15 is 0 Å². The maximum absolute atomic E-state index is 12.2. The highest BCUT2D eigenvalue weighted by molar-refractivity contribution is 7.18. The summed E-state index contributed by atoms with van der Waals surface area (Å²) in [7, 11) is 0.